The maximum atomic E-state index is 13.9. The minimum absolute atomic E-state index is 0.0643. The monoisotopic (exact) mass is 698 g/mol. The third-order valence-corrected chi connectivity index (χ3v) is 9.39. The molecule has 14 heteroatoms. The summed E-state index contributed by atoms with van der Waals surface area (Å²) in [5.74, 6) is -0.724. The molecule has 1 aliphatic rings. The van der Waals surface area contributed by atoms with Gasteiger partial charge < -0.3 is 39.5 Å². The molecule has 0 radical (unpaired) electrons. The molecule has 0 spiro atoms. The molecule has 1 saturated heterocycles. The van der Waals surface area contributed by atoms with Crippen LogP contribution in [0.4, 0.5) is 0 Å². The van der Waals surface area contributed by atoms with Crippen molar-refractivity contribution in [3.8, 4) is 16.3 Å². The maximum absolute atomic E-state index is 13.9. The molecule has 1 fully saturated rings. The molecular formula is C35H50N6O7S. The number of carbonyl (C=O) groups excluding carboxylic acids is 3. The maximum Gasteiger partial charge on any atom is 0.254 e. The summed E-state index contributed by atoms with van der Waals surface area (Å²) in [7, 11) is 3.49. The lowest BCUT2D eigenvalue weighted by molar-refractivity contribution is -0.141. The van der Waals surface area contributed by atoms with Crippen LogP contribution < -0.4 is 15.4 Å². The Labute approximate surface area is 292 Å². The van der Waals surface area contributed by atoms with Crippen molar-refractivity contribution in [3.05, 3.63) is 52.9 Å². The van der Waals surface area contributed by atoms with Crippen LogP contribution in [0.25, 0.3) is 10.4 Å². The average Bonchev–Trinajstić information content (AvgIpc) is 3.82. The van der Waals surface area contributed by atoms with Gasteiger partial charge in [-0.05, 0) is 42.0 Å². The lowest BCUT2D eigenvalue weighted by atomic mass is 9.91. The first-order chi connectivity index (χ1) is 23.5. The number of carbonyl (C=O) groups is 3. The minimum atomic E-state index is -0.804. The lowest BCUT2D eigenvalue weighted by Crippen LogP contribution is -2.48. The molecule has 268 valence electrons. The number of aliphatic hydroxyl groups is 1. The number of nitrogens with one attached hydrogen (secondary N) is 2. The van der Waals surface area contributed by atoms with Crippen molar-refractivity contribution < 1.29 is 33.5 Å². The van der Waals surface area contributed by atoms with E-state index in [9.17, 15) is 19.5 Å². The zero-order chi connectivity index (χ0) is 35.3. The Morgan fingerprint density at radius 3 is 2.57 bits per heavy atom. The SMILES string of the molecule is Cc1ncsc1-c1ccc(CNC(=O)C2CC(O)CN2C(=O)[C@H](c2cc(OCCCCOCCNCCC(=O)N(C)C)no2)C(C)C)cc1. The molecule has 3 N–H and O–H groups in total. The first-order valence-corrected chi connectivity index (χ1v) is 17.8. The molecule has 3 amide bonds. The van der Waals surface area contributed by atoms with Crippen molar-refractivity contribution >= 4 is 29.1 Å². The number of hydrogen-bond donors (Lipinski definition) is 3. The molecule has 1 aliphatic heterocycles. The van der Waals surface area contributed by atoms with Gasteiger partial charge in [0.15, 0.2) is 5.76 Å². The largest absolute Gasteiger partial charge is 0.476 e. The Hall–Kier alpha value is -3.85. The summed E-state index contributed by atoms with van der Waals surface area (Å²) in [6.07, 6.45) is 1.37. The summed E-state index contributed by atoms with van der Waals surface area (Å²) in [5.41, 5.74) is 4.80. The van der Waals surface area contributed by atoms with Gasteiger partial charge in [-0.25, -0.2) is 4.98 Å². The molecule has 4 rings (SSSR count). The molecule has 13 nitrogen and oxygen atoms in total. The standard InChI is InChI=1S/C35H50N6O7S/c1-23(2)32(29-19-30(39-48-29)47-16-7-6-15-46-17-14-36-13-12-31(43)40(4)5)35(45)41-21-27(42)18-28(41)34(44)37-20-25-8-10-26(11-9-25)33-24(3)38-22-49-33/h8-11,19,22-23,27-28,32,36,42H,6-7,12-18,20-21H2,1-5H3,(H,37,44)/t27?,28?,32-/m0/s1. The Bertz CT molecular complexity index is 1490. The van der Waals surface area contributed by atoms with Gasteiger partial charge in [-0.2, -0.15) is 0 Å². The second-order valence-corrected chi connectivity index (χ2v) is 13.7. The van der Waals surface area contributed by atoms with Gasteiger partial charge in [-0.1, -0.05) is 38.1 Å². The highest BCUT2D eigenvalue weighted by Gasteiger charge is 2.43. The van der Waals surface area contributed by atoms with Crippen LogP contribution in [0.3, 0.4) is 0 Å². The molecule has 0 bridgehead atoms. The molecule has 0 saturated carbocycles. The van der Waals surface area contributed by atoms with E-state index in [4.69, 9.17) is 14.0 Å². The van der Waals surface area contributed by atoms with E-state index in [-0.39, 0.29) is 42.5 Å². The first kappa shape index (κ1) is 38.0. The Morgan fingerprint density at radius 1 is 1.12 bits per heavy atom. The number of likely N-dealkylation sites (tertiary alicyclic amines) is 1. The molecule has 2 unspecified atom stereocenters. The van der Waals surface area contributed by atoms with E-state index in [2.05, 4.69) is 20.8 Å². The van der Waals surface area contributed by atoms with Crippen molar-refractivity contribution in [2.45, 2.75) is 71.1 Å². The van der Waals surface area contributed by atoms with Gasteiger partial charge in [0.1, 0.15) is 12.0 Å². The average molecular weight is 699 g/mol. The van der Waals surface area contributed by atoms with Gasteiger partial charge in [0.2, 0.25) is 17.7 Å². The fraction of sp³-hybridized carbons (Fsp3) is 0.571. The quantitative estimate of drug-likeness (QED) is 0.159. The summed E-state index contributed by atoms with van der Waals surface area (Å²) in [5, 5.41) is 20.7. The Morgan fingerprint density at radius 2 is 1.88 bits per heavy atom. The second kappa shape index (κ2) is 18.8. The molecule has 49 heavy (non-hydrogen) atoms. The summed E-state index contributed by atoms with van der Waals surface area (Å²) in [6.45, 7) is 9.02. The lowest BCUT2D eigenvalue weighted by Gasteiger charge is -2.28. The number of aliphatic hydroxyl groups excluding tert-OH is 1. The summed E-state index contributed by atoms with van der Waals surface area (Å²) >= 11 is 1.59. The molecular weight excluding hydrogens is 648 g/mol. The van der Waals surface area contributed by atoms with Gasteiger partial charge >= 0.3 is 0 Å². The highest BCUT2D eigenvalue weighted by atomic mass is 32.1. The van der Waals surface area contributed by atoms with Crippen LogP contribution in [-0.2, 0) is 25.7 Å². The number of nitrogens with zero attached hydrogens (tertiary/aromatic N) is 4. The number of rotatable bonds is 19. The van der Waals surface area contributed by atoms with Gasteiger partial charge in [0.05, 0.1) is 35.4 Å². The van der Waals surface area contributed by atoms with E-state index in [0.29, 0.717) is 51.6 Å². The molecule has 3 atom stereocenters. The number of ether oxygens (including phenoxy) is 2. The number of unbranched alkanes of at least 4 members (excludes halogenated alkanes) is 1. The first-order valence-electron chi connectivity index (χ1n) is 16.9. The highest BCUT2D eigenvalue weighted by Crippen LogP contribution is 2.32. The molecule has 2 aromatic heterocycles. The smallest absolute Gasteiger partial charge is 0.254 e. The van der Waals surface area contributed by atoms with Gasteiger partial charge in [0, 0.05) is 65.8 Å². The zero-order valence-electron chi connectivity index (χ0n) is 29.1. The van der Waals surface area contributed by atoms with E-state index in [0.717, 1.165) is 34.5 Å². The zero-order valence-corrected chi connectivity index (χ0v) is 30.0. The van der Waals surface area contributed by atoms with Crippen LogP contribution in [0.5, 0.6) is 5.88 Å². The normalized spacial score (nSPS) is 16.6. The third kappa shape index (κ3) is 11.1. The van der Waals surface area contributed by atoms with Crippen molar-refractivity contribution in [2.75, 3.05) is 53.6 Å². The van der Waals surface area contributed by atoms with E-state index >= 15 is 0 Å². The molecule has 3 heterocycles. The number of hydrogen-bond acceptors (Lipinski definition) is 11. The number of aromatic nitrogens is 2. The number of benzene rings is 1. The van der Waals surface area contributed by atoms with Gasteiger partial charge in [-0.3, -0.25) is 14.4 Å². The summed E-state index contributed by atoms with van der Waals surface area (Å²) in [4.78, 5) is 47.2. The van der Waals surface area contributed by atoms with Crippen molar-refractivity contribution in [2.24, 2.45) is 5.92 Å². The molecule has 1 aromatic carbocycles. The molecule has 3 aromatic rings. The Balaban J connectivity index is 1.21. The van der Waals surface area contributed by atoms with Crippen LogP contribution >= 0.6 is 11.3 Å². The van der Waals surface area contributed by atoms with Crippen molar-refractivity contribution in [1.29, 1.82) is 0 Å². The van der Waals surface area contributed by atoms with Crippen LogP contribution in [-0.4, -0.2) is 108 Å². The van der Waals surface area contributed by atoms with Crippen molar-refractivity contribution in [3.63, 3.8) is 0 Å². The van der Waals surface area contributed by atoms with Crippen LogP contribution in [0.1, 0.15) is 62.5 Å². The van der Waals surface area contributed by atoms with E-state index in [1.165, 1.54) is 4.90 Å². The number of amides is 3. The fourth-order valence-corrected chi connectivity index (χ4v) is 6.45. The van der Waals surface area contributed by atoms with Crippen LogP contribution in [0.15, 0.2) is 40.4 Å². The van der Waals surface area contributed by atoms with Gasteiger partial charge in [-0.15, -0.1) is 11.3 Å². The Kier molecular flexibility index (Phi) is 14.6. The second-order valence-electron chi connectivity index (χ2n) is 12.8. The van der Waals surface area contributed by atoms with E-state index in [1.807, 2.05) is 50.5 Å². The van der Waals surface area contributed by atoms with Gasteiger partial charge in [0.25, 0.3) is 5.88 Å². The molecule has 0 aliphatic carbocycles. The minimum Gasteiger partial charge on any atom is -0.476 e. The number of thiazole rings is 1. The summed E-state index contributed by atoms with van der Waals surface area (Å²) < 4.78 is 17.0. The predicted molar refractivity (Wildman–Crippen MR) is 186 cm³/mol. The van der Waals surface area contributed by atoms with E-state index in [1.54, 1.807) is 36.4 Å². The van der Waals surface area contributed by atoms with Crippen molar-refractivity contribution in [1.82, 2.24) is 30.6 Å². The fourth-order valence-electron chi connectivity index (χ4n) is 5.64. The summed E-state index contributed by atoms with van der Waals surface area (Å²) in [6, 6.07) is 8.78. The van der Waals surface area contributed by atoms with E-state index < -0.39 is 18.1 Å². The third-order valence-electron chi connectivity index (χ3n) is 8.41. The number of β-amino-alcohol motifs (C(OH)–C–C–N with tert-alkyl or cyclic N) is 1. The topological polar surface area (TPSA) is 159 Å². The highest BCUT2D eigenvalue weighted by molar-refractivity contribution is 7.13. The number of aryl methyl sites for hydroxylation is 1. The van der Waals surface area contributed by atoms with Crippen LogP contribution in [0, 0.1) is 12.8 Å². The van der Waals surface area contributed by atoms with Crippen LogP contribution in [0.2, 0.25) is 0 Å². The predicted octanol–water partition coefficient (Wildman–Crippen LogP) is 3.37.